The molecule has 0 unspecified atom stereocenters. The van der Waals surface area contributed by atoms with Gasteiger partial charge in [0.25, 0.3) is 0 Å². The van der Waals surface area contributed by atoms with Gasteiger partial charge in [0, 0.05) is 14.2 Å². The van der Waals surface area contributed by atoms with Gasteiger partial charge in [-0.3, -0.25) is 0 Å². The van der Waals surface area contributed by atoms with E-state index in [0.717, 1.165) is 5.75 Å². The lowest BCUT2D eigenvalue weighted by atomic mass is 10.3. The Labute approximate surface area is 77.3 Å². The third-order valence-corrected chi connectivity index (χ3v) is 2.59. The van der Waals surface area contributed by atoms with E-state index < -0.39 is 15.1 Å². The highest BCUT2D eigenvalue weighted by atomic mass is 27.3. The summed E-state index contributed by atoms with van der Waals surface area (Å²) in [5, 5.41) is 0. The maximum Gasteiger partial charge on any atom is 1.00 e. The molecule has 64 valence electrons. The fourth-order valence-corrected chi connectivity index (χ4v) is 1.57. The molecule has 4 heteroatoms. The maximum absolute atomic E-state index is 5.41. The minimum atomic E-state index is -1.92. The summed E-state index contributed by atoms with van der Waals surface area (Å²) < 4.78 is 15.4. The molecule has 0 spiro atoms. The molecule has 0 atom stereocenters. The fourth-order valence-electron chi connectivity index (χ4n) is 0.803. The first-order valence-corrected chi connectivity index (χ1v) is 5.05. The van der Waals surface area contributed by atoms with Gasteiger partial charge in [-0.05, 0) is 12.1 Å². The highest BCUT2D eigenvalue weighted by Gasteiger charge is 2.31. The van der Waals surface area contributed by atoms with Crippen molar-refractivity contribution in [2.24, 2.45) is 0 Å². The molecule has 0 radical (unpaired) electrons. The van der Waals surface area contributed by atoms with Crippen LogP contribution in [-0.2, 0) is 7.58 Å². The monoisotopic (exact) mass is 182 g/mol. The van der Waals surface area contributed by atoms with Crippen LogP contribution in [-0.4, -0.2) is 29.4 Å². The molecule has 3 nitrogen and oxygen atoms in total. The van der Waals surface area contributed by atoms with E-state index in [-0.39, 0.29) is 0 Å². The second-order valence-corrected chi connectivity index (χ2v) is 3.95. The molecular weight excluding hydrogens is 171 g/mol. The van der Waals surface area contributed by atoms with Crippen LogP contribution in [0.4, 0.5) is 0 Å². The van der Waals surface area contributed by atoms with Gasteiger partial charge in [-0.2, -0.15) is 0 Å². The van der Waals surface area contributed by atoms with Gasteiger partial charge in [-0.15, -0.1) is 0 Å². The van der Waals surface area contributed by atoms with E-state index in [1.807, 2.05) is 30.3 Å². The second kappa shape index (κ2) is 5.18. The van der Waals surface area contributed by atoms with Crippen LogP contribution in [0.15, 0.2) is 30.3 Å². The third kappa shape index (κ3) is 2.84. The number of hydrogen-bond donors (Lipinski definition) is 0. The Morgan fingerprint density at radius 2 is 1.58 bits per heavy atom. The van der Waals surface area contributed by atoms with Crippen LogP contribution in [0, 0.1) is 0 Å². The van der Waals surface area contributed by atoms with Crippen molar-refractivity contribution in [3.8, 4) is 5.75 Å². The smallest absolute Gasteiger partial charge is 0.599 e. The average Bonchev–Trinajstić information content (AvgIpc) is 2.16. The number of benzene rings is 1. The molecule has 0 heterocycles. The van der Waals surface area contributed by atoms with Crippen LogP contribution < -0.4 is 3.79 Å². The highest BCUT2D eigenvalue weighted by molar-refractivity contribution is 6.37. The third-order valence-electron chi connectivity index (χ3n) is 1.36. The molecule has 0 amide bonds. The molecule has 0 saturated heterocycles. The molecule has 0 fully saturated rings. The van der Waals surface area contributed by atoms with Gasteiger partial charge in [-0.1, -0.05) is 18.2 Å². The lowest BCUT2D eigenvalue weighted by Gasteiger charge is -2.08. The zero-order valence-corrected chi connectivity index (χ0v) is 8.34. The fraction of sp³-hybridized carbons (Fsp3) is 0.250. The first kappa shape index (κ1) is 9.56. The Morgan fingerprint density at radius 3 is 2.08 bits per heavy atom. The van der Waals surface area contributed by atoms with E-state index in [4.69, 9.17) is 11.4 Å². The van der Waals surface area contributed by atoms with E-state index in [1.54, 1.807) is 14.2 Å². The first-order valence-electron chi connectivity index (χ1n) is 3.64. The maximum atomic E-state index is 5.41. The molecule has 0 aliphatic carbocycles. The molecule has 0 aromatic heterocycles. The minimum absolute atomic E-state index is 0.790. The molecule has 1 aromatic rings. The summed E-state index contributed by atoms with van der Waals surface area (Å²) in [6, 6.07) is 9.50. The van der Waals surface area contributed by atoms with Gasteiger partial charge >= 0.3 is 15.1 Å². The minimum Gasteiger partial charge on any atom is -0.599 e. The van der Waals surface area contributed by atoms with Crippen molar-refractivity contribution in [1.82, 2.24) is 0 Å². The average molecular weight is 182 g/mol. The summed E-state index contributed by atoms with van der Waals surface area (Å²) in [6.45, 7) is 0. The molecule has 0 aliphatic heterocycles. The Morgan fingerprint density at radius 1 is 1.00 bits per heavy atom. The van der Waals surface area contributed by atoms with Crippen molar-refractivity contribution >= 4 is 15.1 Å². The largest absolute Gasteiger partial charge is 1.00 e. The normalized spacial score (nSPS) is 9.50. The lowest BCUT2D eigenvalue weighted by Crippen LogP contribution is -2.27. The predicted molar refractivity (Wildman–Crippen MR) is 46.8 cm³/mol. The van der Waals surface area contributed by atoms with Gasteiger partial charge in [0.2, 0.25) is 0 Å². The Kier molecular flexibility index (Phi) is 4.12. The first-order chi connectivity index (χ1) is 5.86. The molecule has 0 aliphatic rings. The molecule has 0 bridgehead atoms. The molecule has 1 aromatic carbocycles. The van der Waals surface area contributed by atoms with E-state index in [9.17, 15) is 0 Å². The van der Waals surface area contributed by atoms with Crippen LogP contribution in [0.3, 0.4) is 0 Å². The van der Waals surface area contributed by atoms with E-state index >= 15 is 0 Å². The van der Waals surface area contributed by atoms with E-state index in [0.29, 0.717) is 0 Å². The summed E-state index contributed by atoms with van der Waals surface area (Å²) in [5.74, 6) is 0.790. The van der Waals surface area contributed by atoms with Gasteiger partial charge in [0.05, 0.1) is 5.75 Å². The zero-order valence-electron chi connectivity index (χ0n) is 7.19. The van der Waals surface area contributed by atoms with Crippen molar-refractivity contribution in [1.29, 1.82) is 0 Å². The number of rotatable bonds is 4. The number of para-hydroxylation sites is 1. The second-order valence-electron chi connectivity index (χ2n) is 2.19. The van der Waals surface area contributed by atoms with E-state index in [1.165, 1.54) is 0 Å². The Hall–Kier alpha value is -0.528. The van der Waals surface area contributed by atoms with Gasteiger partial charge in [0.15, 0.2) is 0 Å². The highest BCUT2D eigenvalue weighted by Crippen LogP contribution is 2.09. The summed E-state index contributed by atoms with van der Waals surface area (Å²) >= 11 is -1.92. The summed E-state index contributed by atoms with van der Waals surface area (Å²) in [7, 11) is 3.17. The van der Waals surface area contributed by atoms with Crippen LogP contribution in [0.2, 0.25) is 0 Å². The van der Waals surface area contributed by atoms with Crippen molar-refractivity contribution in [2.75, 3.05) is 14.2 Å². The zero-order chi connectivity index (χ0) is 8.81. The van der Waals surface area contributed by atoms with Crippen LogP contribution in [0.1, 0.15) is 0 Å². The van der Waals surface area contributed by atoms with Gasteiger partial charge < -0.3 is 11.4 Å². The van der Waals surface area contributed by atoms with Crippen molar-refractivity contribution in [2.45, 2.75) is 0 Å². The molecule has 12 heavy (non-hydrogen) atoms. The molecular formula is C8H11AlO3. The van der Waals surface area contributed by atoms with Crippen molar-refractivity contribution in [3.63, 3.8) is 0 Å². The Balaban J connectivity index is 2.51. The predicted octanol–water partition coefficient (Wildman–Crippen LogP) is 1.34. The lowest BCUT2D eigenvalue weighted by molar-refractivity contribution is 0.201. The Bertz CT molecular complexity index is 211. The van der Waals surface area contributed by atoms with Crippen molar-refractivity contribution in [3.05, 3.63) is 30.3 Å². The standard InChI is InChI=1S/C6H6O.2CH3O.Al/c7-6-4-2-1-3-5-6;2*1-2;/h1-5,7H;2*1H3;/q;2*-1;+3/p-1. The molecule has 0 saturated carbocycles. The van der Waals surface area contributed by atoms with Crippen molar-refractivity contribution < 1.29 is 11.4 Å². The van der Waals surface area contributed by atoms with Gasteiger partial charge in [0.1, 0.15) is 0 Å². The topological polar surface area (TPSA) is 27.7 Å². The molecule has 1 rings (SSSR count). The van der Waals surface area contributed by atoms with Crippen LogP contribution in [0.5, 0.6) is 5.75 Å². The summed E-state index contributed by atoms with van der Waals surface area (Å²) in [5.41, 5.74) is 0. The van der Waals surface area contributed by atoms with Gasteiger partial charge in [-0.25, -0.2) is 0 Å². The van der Waals surface area contributed by atoms with E-state index in [2.05, 4.69) is 0 Å². The van der Waals surface area contributed by atoms with Crippen LogP contribution in [0.25, 0.3) is 0 Å². The summed E-state index contributed by atoms with van der Waals surface area (Å²) in [4.78, 5) is 0. The number of hydrogen-bond acceptors (Lipinski definition) is 3. The summed E-state index contributed by atoms with van der Waals surface area (Å²) in [6.07, 6.45) is 0. The quantitative estimate of drug-likeness (QED) is 0.657. The molecule has 0 N–H and O–H groups in total. The SMILES string of the molecule is C[O][Al]([O]C)[O]c1ccccc1. The van der Waals surface area contributed by atoms with Crippen LogP contribution >= 0.6 is 0 Å².